The van der Waals surface area contributed by atoms with Gasteiger partial charge in [0.15, 0.2) is 0 Å². The second kappa shape index (κ2) is 6.43. The van der Waals surface area contributed by atoms with Crippen molar-refractivity contribution in [1.29, 1.82) is 0 Å². The van der Waals surface area contributed by atoms with Gasteiger partial charge in [-0.15, -0.1) is 0 Å². The molecule has 0 saturated heterocycles. The lowest BCUT2D eigenvalue weighted by Gasteiger charge is -2.18. The monoisotopic (exact) mass is 288 g/mol. The zero-order valence-corrected chi connectivity index (χ0v) is 12.8. The van der Waals surface area contributed by atoms with Crippen LogP contribution in [0, 0.1) is 13.8 Å². The molecule has 7 nitrogen and oxygen atoms in total. The van der Waals surface area contributed by atoms with Crippen molar-refractivity contribution in [2.45, 2.75) is 46.7 Å². The second-order valence-electron chi connectivity index (χ2n) is 4.79. The van der Waals surface area contributed by atoms with Crippen LogP contribution in [-0.2, 0) is 6.54 Å². The third-order valence-corrected chi connectivity index (χ3v) is 3.42. The molecule has 112 valence electrons. The summed E-state index contributed by atoms with van der Waals surface area (Å²) in [6, 6.07) is -0.182. The predicted octanol–water partition coefficient (Wildman–Crippen LogP) is 1.59. The van der Waals surface area contributed by atoms with E-state index < -0.39 is 0 Å². The maximum Gasteiger partial charge on any atom is 0.255 e. The molecule has 0 aromatic carbocycles. The molecular weight excluding hydrogens is 268 g/mol. The predicted molar refractivity (Wildman–Crippen MR) is 77.7 cm³/mol. The molecule has 0 aliphatic heterocycles. The fourth-order valence-corrected chi connectivity index (χ4v) is 2.29. The molecule has 2 heterocycles. The lowest BCUT2D eigenvalue weighted by molar-refractivity contribution is 0.0930. The van der Waals surface area contributed by atoms with Crippen molar-refractivity contribution in [3.8, 4) is 0 Å². The molecule has 1 N–H and O–H groups in total. The van der Waals surface area contributed by atoms with E-state index in [1.807, 2.05) is 13.8 Å². The molecule has 0 spiro atoms. The number of nitrogens with one attached hydrogen (secondary N) is 1. The fourth-order valence-electron chi connectivity index (χ4n) is 2.29. The van der Waals surface area contributed by atoms with Gasteiger partial charge in [0.05, 0.1) is 23.0 Å². The minimum Gasteiger partial charge on any atom is -0.342 e. The van der Waals surface area contributed by atoms with E-state index in [-0.39, 0.29) is 11.9 Å². The minimum atomic E-state index is -0.182. The quantitative estimate of drug-likeness (QED) is 0.903. The van der Waals surface area contributed by atoms with Crippen molar-refractivity contribution < 1.29 is 4.79 Å². The number of carbonyl (C=O) groups is 1. The van der Waals surface area contributed by atoms with Gasteiger partial charge < -0.3 is 5.32 Å². The van der Waals surface area contributed by atoms with E-state index in [0.717, 1.165) is 12.2 Å². The van der Waals surface area contributed by atoms with Crippen molar-refractivity contribution in [3.05, 3.63) is 35.4 Å². The molecule has 0 bridgehead atoms. The molecule has 1 atom stereocenters. The van der Waals surface area contributed by atoms with E-state index >= 15 is 0 Å². The van der Waals surface area contributed by atoms with Crippen LogP contribution in [0.2, 0.25) is 0 Å². The van der Waals surface area contributed by atoms with Crippen molar-refractivity contribution in [1.82, 2.24) is 30.0 Å². The molecule has 1 unspecified atom stereocenters. The van der Waals surface area contributed by atoms with E-state index in [0.29, 0.717) is 23.5 Å². The summed E-state index contributed by atoms with van der Waals surface area (Å²) in [4.78, 5) is 24.9. The summed E-state index contributed by atoms with van der Waals surface area (Å²) in [5, 5.41) is 7.15. The van der Waals surface area contributed by atoms with Gasteiger partial charge in [0.2, 0.25) is 0 Å². The Hall–Kier alpha value is -2.31. The summed E-state index contributed by atoms with van der Waals surface area (Å²) in [5.74, 6) is 0.587. The van der Waals surface area contributed by atoms with E-state index in [1.54, 1.807) is 18.5 Å². The Balaban J connectivity index is 2.25. The smallest absolute Gasteiger partial charge is 0.255 e. The molecule has 21 heavy (non-hydrogen) atoms. The molecule has 0 fully saturated rings. The summed E-state index contributed by atoms with van der Waals surface area (Å²) in [6.45, 7) is 8.32. The van der Waals surface area contributed by atoms with Crippen molar-refractivity contribution >= 4 is 5.91 Å². The number of aromatic nitrogens is 5. The second-order valence-corrected chi connectivity index (χ2v) is 4.79. The van der Waals surface area contributed by atoms with E-state index in [9.17, 15) is 4.79 Å². The largest absolute Gasteiger partial charge is 0.342 e. The SMILES string of the molecule is CCC(NC(=O)c1c(C)ncnc1C)c1ncnn1CC. The van der Waals surface area contributed by atoms with Crippen LogP contribution in [0.1, 0.15) is 53.9 Å². The van der Waals surface area contributed by atoms with Crippen LogP contribution >= 0.6 is 0 Å². The molecule has 1 amide bonds. The van der Waals surface area contributed by atoms with Crippen LogP contribution < -0.4 is 5.32 Å². The van der Waals surface area contributed by atoms with Crippen LogP contribution in [0.25, 0.3) is 0 Å². The van der Waals surface area contributed by atoms with E-state index in [4.69, 9.17) is 0 Å². The number of hydrogen-bond acceptors (Lipinski definition) is 5. The van der Waals surface area contributed by atoms with Gasteiger partial charge in [-0.1, -0.05) is 6.92 Å². The summed E-state index contributed by atoms with van der Waals surface area (Å²) in [7, 11) is 0. The molecule has 0 aliphatic carbocycles. The highest BCUT2D eigenvalue weighted by atomic mass is 16.1. The first-order valence-electron chi connectivity index (χ1n) is 7.05. The van der Waals surface area contributed by atoms with Gasteiger partial charge in [0.25, 0.3) is 5.91 Å². The highest BCUT2D eigenvalue weighted by Gasteiger charge is 2.21. The van der Waals surface area contributed by atoms with Gasteiger partial charge in [-0.3, -0.25) is 4.79 Å². The van der Waals surface area contributed by atoms with Crippen LogP contribution in [-0.4, -0.2) is 30.6 Å². The van der Waals surface area contributed by atoms with Crippen LogP contribution in [0.4, 0.5) is 0 Å². The third-order valence-electron chi connectivity index (χ3n) is 3.42. The van der Waals surface area contributed by atoms with Crippen molar-refractivity contribution in [2.24, 2.45) is 0 Å². The van der Waals surface area contributed by atoms with Crippen LogP contribution in [0.5, 0.6) is 0 Å². The van der Waals surface area contributed by atoms with Crippen molar-refractivity contribution in [2.75, 3.05) is 0 Å². The van der Waals surface area contributed by atoms with E-state index in [1.165, 1.54) is 12.7 Å². The summed E-state index contributed by atoms with van der Waals surface area (Å²) in [5.41, 5.74) is 1.87. The lowest BCUT2D eigenvalue weighted by Crippen LogP contribution is -2.31. The number of rotatable bonds is 5. The number of hydrogen-bond donors (Lipinski definition) is 1. The molecule has 2 aromatic rings. The zero-order valence-electron chi connectivity index (χ0n) is 12.8. The zero-order chi connectivity index (χ0) is 15.4. The average Bonchev–Trinajstić information content (AvgIpc) is 2.92. The van der Waals surface area contributed by atoms with Crippen LogP contribution in [0.3, 0.4) is 0 Å². The van der Waals surface area contributed by atoms with Crippen molar-refractivity contribution in [3.63, 3.8) is 0 Å². The summed E-state index contributed by atoms with van der Waals surface area (Å²) >= 11 is 0. The topological polar surface area (TPSA) is 85.6 Å². The Kier molecular flexibility index (Phi) is 4.62. The first-order valence-corrected chi connectivity index (χ1v) is 7.05. The Morgan fingerprint density at radius 2 is 1.86 bits per heavy atom. The van der Waals surface area contributed by atoms with Gasteiger partial charge in [-0.05, 0) is 27.2 Å². The number of amides is 1. The number of nitrogens with zero attached hydrogens (tertiary/aromatic N) is 5. The highest BCUT2D eigenvalue weighted by molar-refractivity contribution is 5.96. The standard InChI is InChI=1S/C14H20N6O/c1-5-11(13-17-8-18-20(13)6-2)19-14(21)12-9(3)15-7-16-10(12)4/h7-8,11H,5-6H2,1-4H3,(H,19,21). The summed E-state index contributed by atoms with van der Waals surface area (Å²) < 4.78 is 1.79. The van der Waals surface area contributed by atoms with Gasteiger partial charge in [0, 0.05) is 6.54 Å². The Morgan fingerprint density at radius 3 is 2.43 bits per heavy atom. The third kappa shape index (κ3) is 3.07. The average molecular weight is 288 g/mol. The van der Waals surface area contributed by atoms with Crippen LogP contribution in [0.15, 0.2) is 12.7 Å². The Labute approximate surface area is 123 Å². The normalized spacial score (nSPS) is 12.2. The molecule has 0 aliphatic rings. The first-order chi connectivity index (χ1) is 10.1. The molecule has 7 heteroatoms. The van der Waals surface area contributed by atoms with E-state index in [2.05, 4.69) is 25.4 Å². The molecule has 0 saturated carbocycles. The molecule has 2 rings (SSSR count). The lowest BCUT2D eigenvalue weighted by atomic mass is 10.1. The Bertz CT molecular complexity index is 616. The van der Waals surface area contributed by atoms with Gasteiger partial charge in [-0.25, -0.2) is 19.6 Å². The maximum absolute atomic E-state index is 12.5. The molecule has 2 aromatic heterocycles. The number of carbonyl (C=O) groups excluding carboxylic acids is 1. The van der Waals surface area contributed by atoms with Gasteiger partial charge in [0.1, 0.15) is 18.5 Å². The highest BCUT2D eigenvalue weighted by Crippen LogP contribution is 2.16. The Morgan fingerprint density at radius 1 is 1.19 bits per heavy atom. The molecular formula is C14H20N6O. The minimum absolute atomic E-state index is 0.178. The van der Waals surface area contributed by atoms with Gasteiger partial charge >= 0.3 is 0 Å². The first kappa shape index (κ1) is 15.1. The maximum atomic E-state index is 12.5. The summed E-state index contributed by atoms with van der Waals surface area (Å²) in [6.07, 6.45) is 3.71. The van der Waals surface area contributed by atoms with Gasteiger partial charge in [-0.2, -0.15) is 5.10 Å². The number of aryl methyl sites for hydroxylation is 3. The fraction of sp³-hybridized carbons (Fsp3) is 0.500. The molecule has 0 radical (unpaired) electrons.